The minimum atomic E-state index is -0.210. The third kappa shape index (κ3) is 3.47. The van der Waals surface area contributed by atoms with Gasteiger partial charge in [-0.05, 0) is 30.9 Å². The minimum Gasteiger partial charge on any atom is -0.445 e. The maximum atomic E-state index is 11.8. The predicted molar refractivity (Wildman–Crippen MR) is 70.0 cm³/mol. The highest BCUT2D eigenvalue weighted by Gasteiger charge is 2.26. The molecule has 1 saturated heterocycles. The Labute approximate surface area is 108 Å². The molecule has 1 amide bonds. The van der Waals surface area contributed by atoms with Gasteiger partial charge in [0.05, 0.1) is 0 Å². The van der Waals surface area contributed by atoms with Crippen LogP contribution in [0.25, 0.3) is 0 Å². The molecule has 2 rings (SSSR count). The van der Waals surface area contributed by atoms with Crippen molar-refractivity contribution in [2.24, 2.45) is 11.7 Å². The van der Waals surface area contributed by atoms with Crippen LogP contribution in [-0.2, 0) is 11.3 Å². The number of benzene rings is 1. The van der Waals surface area contributed by atoms with Gasteiger partial charge in [0.25, 0.3) is 0 Å². The van der Waals surface area contributed by atoms with Crippen molar-refractivity contribution < 1.29 is 9.53 Å². The van der Waals surface area contributed by atoms with Gasteiger partial charge in [0.1, 0.15) is 6.61 Å². The number of hydrogen-bond acceptors (Lipinski definition) is 3. The fraction of sp³-hybridized carbons (Fsp3) is 0.500. The van der Waals surface area contributed by atoms with Crippen LogP contribution < -0.4 is 5.73 Å². The van der Waals surface area contributed by atoms with Crippen molar-refractivity contribution in [1.82, 2.24) is 4.90 Å². The van der Waals surface area contributed by atoms with Crippen LogP contribution in [0.4, 0.5) is 4.79 Å². The predicted octanol–water partition coefficient (Wildman–Crippen LogP) is 1.99. The average Bonchev–Trinajstić information content (AvgIpc) is 2.86. The molecule has 4 nitrogen and oxygen atoms in total. The van der Waals surface area contributed by atoms with E-state index in [0.717, 1.165) is 31.5 Å². The van der Waals surface area contributed by atoms with Crippen molar-refractivity contribution in [3.63, 3.8) is 0 Å². The average molecular weight is 248 g/mol. The highest BCUT2D eigenvalue weighted by molar-refractivity contribution is 5.68. The molecule has 1 aromatic carbocycles. The van der Waals surface area contributed by atoms with Gasteiger partial charge in [0, 0.05) is 13.1 Å². The van der Waals surface area contributed by atoms with Gasteiger partial charge in [-0.25, -0.2) is 4.79 Å². The Kier molecular flexibility index (Phi) is 4.59. The maximum Gasteiger partial charge on any atom is 0.410 e. The summed E-state index contributed by atoms with van der Waals surface area (Å²) in [5.74, 6) is 0.541. The van der Waals surface area contributed by atoms with E-state index in [1.807, 2.05) is 30.3 Å². The number of carbonyl (C=O) groups is 1. The van der Waals surface area contributed by atoms with Gasteiger partial charge in [0.2, 0.25) is 0 Å². The Morgan fingerprint density at radius 3 is 2.89 bits per heavy atom. The molecule has 1 aromatic rings. The number of amides is 1. The highest BCUT2D eigenvalue weighted by atomic mass is 16.6. The molecule has 0 bridgehead atoms. The first kappa shape index (κ1) is 12.9. The van der Waals surface area contributed by atoms with E-state index in [2.05, 4.69) is 0 Å². The van der Waals surface area contributed by atoms with Gasteiger partial charge >= 0.3 is 6.09 Å². The van der Waals surface area contributed by atoms with Crippen molar-refractivity contribution in [2.75, 3.05) is 19.6 Å². The molecule has 0 aromatic heterocycles. The van der Waals surface area contributed by atoms with Gasteiger partial charge in [-0.3, -0.25) is 0 Å². The van der Waals surface area contributed by atoms with Crippen LogP contribution in [0.5, 0.6) is 0 Å². The highest BCUT2D eigenvalue weighted by Crippen LogP contribution is 2.19. The SMILES string of the molecule is NCC[C@@H]1CCN(C(=O)OCc2ccccc2)C1. The van der Waals surface area contributed by atoms with Crippen LogP contribution in [-0.4, -0.2) is 30.6 Å². The number of rotatable bonds is 4. The van der Waals surface area contributed by atoms with E-state index in [4.69, 9.17) is 10.5 Å². The summed E-state index contributed by atoms with van der Waals surface area (Å²) in [5.41, 5.74) is 6.55. The Morgan fingerprint density at radius 2 is 2.17 bits per heavy atom. The van der Waals surface area contributed by atoms with Gasteiger partial charge in [-0.15, -0.1) is 0 Å². The Morgan fingerprint density at radius 1 is 1.39 bits per heavy atom. The summed E-state index contributed by atoms with van der Waals surface area (Å²) in [4.78, 5) is 13.6. The molecule has 0 saturated carbocycles. The van der Waals surface area contributed by atoms with Gasteiger partial charge < -0.3 is 15.4 Å². The third-order valence-corrected chi connectivity index (χ3v) is 3.32. The minimum absolute atomic E-state index is 0.210. The molecule has 1 aliphatic rings. The summed E-state index contributed by atoms with van der Waals surface area (Å²) in [7, 11) is 0. The van der Waals surface area contributed by atoms with E-state index in [0.29, 0.717) is 19.1 Å². The summed E-state index contributed by atoms with van der Waals surface area (Å²) in [6.07, 6.45) is 1.82. The number of carbonyl (C=O) groups excluding carboxylic acids is 1. The second kappa shape index (κ2) is 6.40. The quantitative estimate of drug-likeness (QED) is 0.886. The molecule has 1 atom stereocenters. The summed E-state index contributed by atoms with van der Waals surface area (Å²) >= 11 is 0. The lowest BCUT2D eigenvalue weighted by molar-refractivity contribution is 0.103. The summed E-state index contributed by atoms with van der Waals surface area (Å²) in [6.45, 7) is 2.61. The number of likely N-dealkylation sites (tertiary alicyclic amines) is 1. The number of hydrogen-bond donors (Lipinski definition) is 1. The fourth-order valence-corrected chi connectivity index (χ4v) is 2.28. The lowest BCUT2D eigenvalue weighted by Crippen LogP contribution is -2.29. The van der Waals surface area contributed by atoms with E-state index < -0.39 is 0 Å². The molecule has 0 spiro atoms. The lowest BCUT2D eigenvalue weighted by Gasteiger charge is -2.16. The third-order valence-electron chi connectivity index (χ3n) is 3.32. The lowest BCUT2D eigenvalue weighted by atomic mass is 10.1. The van der Waals surface area contributed by atoms with Crippen LogP contribution in [0.2, 0.25) is 0 Å². The Bertz CT molecular complexity index is 381. The van der Waals surface area contributed by atoms with Crippen LogP contribution in [0.1, 0.15) is 18.4 Å². The van der Waals surface area contributed by atoms with Gasteiger partial charge in [0.15, 0.2) is 0 Å². The molecule has 0 radical (unpaired) electrons. The van der Waals surface area contributed by atoms with Crippen molar-refractivity contribution in [1.29, 1.82) is 0 Å². The van der Waals surface area contributed by atoms with Crippen LogP contribution in [0.3, 0.4) is 0 Å². The molecule has 2 N–H and O–H groups in total. The standard InChI is InChI=1S/C14H20N2O2/c15-8-6-12-7-9-16(10-12)14(17)18-11-13-4-2-1-3-5-13/h1-5,12H,6-11,15H2/t12-/m1/s1. The van der Waals surface area contributed by atoms with Gasteiger partial charge in [-0.1, -0.05) is 30.3 Å². The topological polar surface area (TPSA) is 55.6 Å². The number of ether oxygens (including phenoxy) is 1. The van der Waals surface area contributed by atoms with E-state index in [-0.39, 0.29) is 6.09 Å². The normalized spacial score (nSPS) is 18.9. The molecule has 0 unspecified atom stereocenters. The van der Waals surface area contributed by atoms with E-state index in [1.165, 1.54) is 0 Å². The summed E-state index contributed by atoms with van der Waals surface area (Å²) in [5, 5.41) is 0. The zero-order chi connectivity index (χ0) is 12.8. The molecule has 98 valence electrons. The number of nitrogens with two attached hydrogens (primary N) is 1. The zero-order valence-corrected chi connectivity index (χ0v) is 10.5. The van der Waals surface area contributed by atoms with Crippen LogP contribution >= 0.6 is 0 Å². The molecule has 1 fully saturated rings. The summed E-state index contributed by atoms with van der Waals surface area (Å²) in [6, 6.07) is 9.73. The van der Waals surface area contributed by atoms with Crippen LogP contribution in [0.15, 0.2) is 30.3 Å². The second-order valence-corrected chi connectivity index (χ2v) is 4.72. The molecular weight excluding hydrogens is 228 g/mol. The van der Waals surface area contributed by atoms with Crippen molar-refractivity contribution in [3.05, 3.63) is 35.9 Å². The molecular formula is C14H20N2O2. The smallest absolute Gasteiger partial charge is 0.410 e. The van der Waals surface area contributed by atoms with Crippen LogP contribution in [0, 0.1) is 5.92 Å². The first-order valence-electron chi connectivity index (χ1n) is 6.45. The molecule has 4 heteroatoms. The van der Waals surface area contributed by atoms with E-state index in [9.17, 15) is 4.79 Å². The monoisotopic (exact) mass is 248 g/mol. The van der Waals surface area contributed by atoms with E-state index >= 15 is 0 Å². The Hall–Kier alpha value is -1.55. The van der Waals surface area contributed by atoms with Crippen molar-refractivity contribution >= 4 is 6.09 Å². The first-order valence-corrected chi connectivity index (χ1v) is 6.45. The van der Waals surface area contributed by atoms with E-state index in [1.54, 1.807) is 4.90 Å². The zero-order valence-electron chi connectivity index (χ0n) is 10.5. The fourth-order valence-electron chi connectivity index (χ4n) is 2.28. The molecule has 0 aliphatic carbocycles. The summed E-state index contributed by atoms with van der Waals surface area (Å²) < 4.78 is 5.29. The van der Waals surface area contributed by atoms with Crippen molar-refractivity contribution in [3.8, 4) is 0 Å². The largest absolute Gasteiger partial charge is 0.445 e. The molecule has 18 heavy (non-hydrogen) atoms. The van der Waals surface area contributed by atoms with Crippen molar-refractivity contribution in [2.45, 2.75) is 19.4 Å². The maximum absolute atomic E-state index is 11.8. The van der Waals surface area contributed by atoms with Gasteiger partial charge in [-0.2, -0.15) is 0 Å². The first-order chi connectivity index (χ1) is 8.79. The molecule has 1 aliphatic heterocycles. The Balaban J connectivity index is 1.76. The molecule has 1 heterocycles. The second-order valence-electron chi connectivity index (χ2n) is 4.72. The number of nitrogens with zero attached hydrogens (tertiary/aromatic N) is 1.